The average molecular weight is 396 g/mol. The molecule has 4 nitrogen and oxygen atoms in total. The molecule has 29 heavy (non-hydrogen) atoms. The van der Waals surface area contributed by atoms with Crippen LogP contribution in [0.4, 0.5) is 4.39 Å². The molecule has 0 saturated carbocycles. The Labute approximate surface area is 173 Å². The van der Waals surface area contributed by atoms with Crippen molar-refractivity contribution in [2.45, 2.75) is 53.1 Å². The summed E-state index contributed by atoms with van der Waals surface area (Å²) < 4.78 is 14.6. The van der Waals surface area contributed by atoms with Gasteiger partial charge in [0.1, 0.15) is 5.82 Å². The smallest absolute Gasteiger partial charge is 0.257 e. The third-order valence-electron chi connectivity index (χ3n) is 5.61. The zero-order chi connectivity index (χ0) is 21.1. The maximum Gasteiger partial charge on any atom is 0.257 e. The number of rotatable bonds is 6. The van der Waals surface area contributed by atoms with E-state index in [4.69, 9.17) is 5.10 Å². The van der Waals surface area contributed by atoms with Crippen molar-refractivity contribution in [1.29, 1.82) is 0 Å². The summed E-state index contributed by atoms with van der Waals surface area (Å²) >= 11 is 0. The van der Waals surface area contributed by atoms with Crippen molar-refractivity contribution in [2.75, 3.05) is 13.1 Å². The van der Waals surface area contributed by atoms with Crippen LogP contribution in [-0.4, -0.2) is 40.7 Å². The fourth-order valence-electron chi connectivity index (χ4n) is 3.84. The number of hydrogen-bond donors (Lipinski definition) is 0. The number of benzene rings is 2. The van der Waals surface area contributed by atoms with Crippen LogP contribution in [0.15, 0.2) is 47.6 Å². The SMILES string of the molecule is CCN(CC(=O)N1N=C(c2cc(C)ccc2C)C[C@H]1c1ccccc1F)C(C)C. The molecule has 2 aromatic carbocycles. The molecule has 0 spiro atoms. The number of hydrazone groups is 1. The van der Waals surface area contributed by atoms with Crippen molar-refractivity contribution in [2.24, 2.45) is 5.10 Å². The fraction of sp³-hybridized carbons (Fsp3) is 0.417. The van der Waals surface area contributed by atoms with Gasteiger partial charge in [0, 0.05) is 23.6 Å². The van der Waals surface area contributed by atoms with Crippen molar-refractivity contribution in [3.05, 3.63) is 70.5 Å². The minimum Gasteiger partial charge on any atom is -0.292 e. The van der Waals surface area contributed by atoms with E-state index in [0.29, 0.717) is 12.0 Å². The Morgan fingerprint density at radius 1 is 1.24 bits per heavy atom. The summed E-state index contributed by atoms with van der Waals surface area (Å²) in [5.41, 5.74) is 4.61. The van der Waals surface area contributed by atoms with E-state index in [9.17, 15) is 9.18 Å². The lowest BCUT2D eigenvalue weighted by Gasteiger charge is -2.28. The van der Waals surface area contributed by atoms with Crippen molar-refractivity contribution in [3.63, 3.8) is 0 Å². The Hall–Kier alpha value is -2.53. The van der Waals surface area contributed by atoms with E-state index in [2.05, 4.69) is 36.9 Å². The number of halogens is 1. The Balaban J connectivity index is 1.99. The number of aryl methyl sites for hydroxylation is 2. The lowest BCUT2D eigenvalue weighted by atomic mass is 9.95. The van der Waals surface area contributed by atoms with Crippen LogP contribution in [0, 0.1) is 19.7 Å². The number of carbonyl (C=O) groups is 1. The minimum absolute atomic E-state index is 0.103. The molecule has 0 saturated heterocycles. The van der Waals surface area contributed by atoms with E-state index in [1.54, 1.807) is 12.1 Å². The van der Waals surface area contributed by atoms with E-state index in [-0.39, 0.29) is 24.3 Å². The molecule has 2 aromatic rings. The standard InChI is InChI=1S/C24H30FN3O/c1-6-27(16(2)3)15-24(29)28-23(19-9-7-8-10-21(19)25)14-22(26-28)20-13-17(4)11-12-18(20)5/h7-13,16,23H,6,14-15H2,1-5H3/t23-/m0/s1. The summed E-state index contributed by atoms with van der Waals surface area (Å²) in [5, 5.41) is 6.21. The number of carbonyl (C=O) groups excluding carboxylic acids is 1. The first kappa shape index (κ1) is 21.2. The Morgan fingerprint density at radius 3 is 2.62 bits per heavy atom. The predicted octanol–water partition coefficient (Wildman–Crippen LogP) is 4.85. The van der Waals surface area contributed by atoms with Crippen molar-refractivity contribution >= 4 is 11.6 Å². The summed E-state index contributed by atoms with van der Waals surface area (Å²) in [7, 11) is 0. The first-order valence-corrected chi connectivity index (χ1v) is 10.3. The molecule has 1 heterocycles. The summed E-state index contributed by atoms with van der Waals surface area (Å²) in [6, 6.07) is 12.7. The molecule has 154 valence electrons. The van der Waals surface area contributed by atoms with Crippen LogP contribution < -0.4 is 0 Å². The zero-order valence-electron chi connectivity index (χ0n) is 17.9. The van der Waals surface area contributed by atoms with Gasteiger partial charge in [-0.1, -0.05) is 42.8 Å². The highest BCUT2D eigenvalue weighted by atomic mass is 19.1. The van der Waals surface area contributed by atoms with Crippen LogP contribution in [-0.2, 0) is 4.79 Å². The summed E-state index contributed by atoms with van der Waals surface area (Å²) in [6.45, 7) is 11.3. The topological polar surface area (TPSA) is 35.9 Å². The molecule has 1 amide bonds. The Bertz CT molecular complexity index is 922. The molecule has 0 fully saturated rings. The monoisotopic (exact) mass is 395 g/mol. The minimum atomic E-state index is -0.426. The highest BCUT2D eigenvalue weighted by Crippen LogP contribution is 2.35. The number of likely N-dealkylation sites (N-methyl/N-ethyl adjacent to an activating group) is 1. The highest BCUT2D eigenvalue weighted by Gasteiger charge is 2.35. The van der Waals surface area contributed by atoms with Crippen molar-refractivity contribution < 1.29 is 9.18 Å². The van der Waals surface area contributed by atoms with Crippen LogP contribution >= 0.6 is 0 Å². The second kappa shape index (κ2) is 8.87. The largest absolute Gasteiger partial charge is 0.292 e. The normalized spacial score (nSPS) is 16.6. The van der Waals surface area contributed by atoms with Gasteiger partial charge in [0.2, 0.25) is 0 Å². The molecular weight excluding hydrogens is 365 g/mol. The van der Waals surface area contributed by atoms with Gasteiger partial charge in [-0.25, -0.2) is 9.40 Å². The summed E-state index contributed by atoms with van der Waals surface area (Å²) in [6.07, 6.45) is 0.505. The molecule has 0 unspecified atom stereocenters. The molecule has 1 aliphatic heterocycles. The fourth-order valence-corrected chi connectivity index (χ4v) is 3.84. The molecule has 0 bridgehead atoms. The van der Waals surface area contributed by atoms with E-state index in [1.165, 1.54) is 11.1 Å². The van der Waals surface area contributed by atoms with Crippen LogP contribution in [0.2, 0.25) is 0 Å². The van der Waals surface area contributed by atoms with Crippen molar-refractivity contribution in [3.8, 4) is 0 Å². The molecule has 0 aromatic heterocycles. The maximum absolute atomic E-state index is 14.6. The second-order valence-electron chi connectivity index (χ2n) is 8.00. The lowest BCUT2D eigenvalue weighted by Crippen LogP contribution is -2.41. The first-order chi connectivity index (χ1) is 13.8. The predicted molar refractivity (Wildman–Crippen MR) is 115 cm³/mol. The molecular formula is C24H30FN3O. The van der Waals surface area contributed by atoms with E-state index >= 15 is 0 Å². The van der Waals surface area contributed by atoms with Crippen molar-refractivity contribution in [1.82, 2.24) is 9.91 Å². The molecule has 1 aliphatic rings. The molecule has 1 atom stereocenters. The van der Waals surface area contributed by atoms with Gasteiger partial charge in [0.05, 0.1) is 18.3 Å². The highest BCUT2D eigenvalue weighted by molar-refractivity contribution is 6.04. The number of hydrogen-bond acceptors (Lipinski definition) is 3. The molecule has 0 radical (unpaired) electrons. The van der Waals surface area contributed by atoms with E-state index in [0.717, 1.165) is 28.9 Å². The first-order valence-electron chi connectivity index (χ1n) is 10.3. The van der Waals surface area contributed by atoms with Gasteiger partial charge in [-0.15, -0.1) is 0 Å². The Kier molecular flexibility index (Phi) is 6.48. The quantitative estimate of drug-likeness (QED) is 0.701. The van der Waals surface area contributed by atoms with Gasteiger partial charge in [-0.05, 0) is 51.9 Å². The van der Waals surface area contributed by atoms with Crippen LogP contribution in [0.1, 0.15) is 55.5 Å². The van der Waals surface area contributed by atoms with Gasteiger partial charge in [-0.2, -0.15) is 5.10 Å². The average Bonchev–Trinajstić information content (AvgIpc) is 3.13. The van der Waals surface area contributed by atoms with E-state index in [1.807, 2.05) is 26.8 Å². The maximum atomic E-state index is 14.6. The summed E-state index contributed by atoms with van der Waals surface area (Å²) in [4.78, 5) is 15.3. The Morgan fingerprint density at radius 2 is 1.97 bits per heavy atom. The van der Waals surface area contributed by atoms with Gasteiger partial charge in [0.25, 0.3) is 5.91 Å². The van der Waals surface area contributed by atoms with Gasteiger partial charge in [-0.3, -0.25) is 9.69 Å². The molecule has 0 N–H and O–H groups in total. The zero-order valence-corrected chi connectivity index (χ0v) is 17.9. The lowest BCUT2D eigenvalue weighted by molar-refractivity contribution is -0.134. The molecule has 5 heteroatoms. The summed E-state index contributed by atoms with van der Waals surface area (Å²) in [5.74, 6) is -0.405. The third-order valence-corrected chi connectivity index (χ3v) is 5.61. The van der Waals surface area contributed by atoms with Gasteiger partial charge >= 0.3 is 0 Å². The molecule has 0 aliphatic carbocycles. The van der Waals surface area contributed by atoms with Gasteiger partial charge in [0.15, 0.2) is 0 Å². The number of nitrogens with zero attached hydrogens (tertiary/aromatic N) is 3. The van der Waals surface area contributed by atoms with Gasteiger partial charge < -0.3 is 0 Å². The second-order valence-corrected chi connectivity index (χ2v) is 8.00. The van der Waals surface area contributed by atoms with Crippen LogP contribution in [0.25, 0.3) is 0 Å². The number of amides is 1. The van der Waals surface area contributed by atoms with E-state index < -0.39 is 6.04 Å². The van der Waals surface area contributed by atoms with Crippen LogP contribution in [0.5, 0.6) is 0 Å². The molecule has 3 rings (SSSR count). The third kappa shape index (κ3) is 4.56. The van der Waals surface area contributed by atoms with Crippen LogP contribution in [0.3, 0.4) is 0 Å².